The van der Waals surface area contributed by atoms with E-state index in [2.05, 4.69) is 53.9 Å². The first kappa shape index (κ1) is 18.8. The van der Waals surface area contributed by atoms with Gasteiger partial charge >= 0.3 is 0 Å². The fraction of sp³-hybridized carbons (Fsp3) is 0.103. The average Bonchev–Trinajstić information content (AvgIpc) is 2.83. The number of hydrogen-bond acceptors (Lipinski definition) is 2. The molecule has 0 spiro atoms. The molecule has 0 amide bonds. The van der Waals surface area contributed by atoms with Gasteiger partial charge in [-0.15, -0.1) is 0 Å². The van der Waals surface area contributed by atoms with Crippen molar-refractivity contribution in [3.05, 3.63) is 110 Å². The van der Waals surface area contributed by atoms with Gasteiger partial charge in [0.25, 0.3) is 0 Å². The van der Waals surface area contributed by atoms with Crippen molar-refractivity contribution in [1.29, 1.82) is 0 Å². The summed E-state index contributed by atoms with van der Waals surface area (Å²) in [5.41, 5.74) is 4.98. The van der Waals surface area contributed by atoms with Gasteiger partial charge in [-0.05, 0) is 47.9 Å². The van der Waals surface area contributed by atoms with Gasteiger partial charge in [0.1, 0.15) is 8.07 Å². The Morgan fingerprint density at radius 1 is 0.667 bits per heavy atom. The molecule has 3 heterocycles. The van der Waals surface area contributed by atoms with Crippen LogP contribution >= 0.6 is 0 Å². The summed E-state index contributed by atoms with van der Waals surface area (Å²) in [6.07, 6.45) is 0.764. The summed E-state index contributed by atoms with van der Waals surface area (Å²) in [6.45, 7) is 4.76. The maximum Gasteiger partial charge on any atom is 0.197 e. The van der Waals surface area contributed by atoms with E-state index >= 15 is 0 Å². The second-order valence-electron chi connectivity index (χ2n) is 9.66. The zero-order valence-corrected chi connectivity index (χ0v) is 19.5. The van der Waals surface area contributed by atoms with Gasteiger partial charge in [-0.25, -0.2) is 0 Å². The quantitative estimate of drug-likeness (QED) is 0.200. The zero-order chi connectivity index (χ0) is 22.5. The SMILES string of the molecule is C[Si]1(C)c2ccccc2Cc2c1ccc1c2c(=O)c2cccc3c(=O)c4ccccc4n1c32. The Kier molecular flexibility index (Phi) is 3.51. The molecule has 0 fully saturated rings. The van der Waals surface area contributed by atoms with Crippen molar-refractivity contribution in [3.8, 4) is 0 Å². The number of pyridine rings is 2. The normalized spacial score (nSPS) is 14.7. The highest BCUT2D eigenvalue weighted by Gasteiger charge is 2.35. The Hall–Kier alpha value is -3.76. The summed E-state index contributed by atoms with van der Waals surface area (Å²) in [5, 5.41) is 5.50. The molecule has 158 valence electrons. The highest BCUT2D eigenvalue weighted by molar-refractivity contribution is 7.01. The molecule has 4 heteroatoms. The van der Waals surface area contributed by atoms with E-state index < -0.39 is 8.07 Å². The molecule has 0 N–H and O–H groups in total. The molecule has 0 saturated heterocycles. The average molecular weight is 444 g/mol. The van der Waals surface area contributed by atoms with Crippen molar-refractivity contribution in [2.24, 2.45) is 0 Å². The van der Waals surface area contributed by atoms with Crippen LogP contribution in [0.2, 0.25) is 13.1 Å². The molecular formula is C29H21NO2Si. The van der Waals surface area contributed by atoms with E-state index in [1.807, 2.05) is 42.5 Å². The van der Waals surface area contributed by atoms with Crippen LogP contribution in [0.3, 0.4) is 0 Å². The van der Waals surface area contributed by atoms with Gasteiger partial charge in [0.05, 0.1) is 21.9 Å². The van der Waals surface area contributed by atoms with Crippen molar-refractivity contribution in [2.45, 2.75) is 19.5 Å². The third-order valence-electron chi connectivity index (χ3n) is 7.63. The number of rotatable bonds is 0. The maximum atomic E-state index is 14.0. The molecular weight excluding hydrogens is 422 g/mol. The Balaban J connectivity index is 1.77. The second-order valence-corrected chi connectivity index (χ2v) is 14.0. The Bertz CT molecular complexity index is 1920. The molecule has 4 aromatic carbocycles. The summed E-state index contributed by atoms with van der Waals surface area (Å²) in [6, 6.07) is 26.3. The molecule has 0 unspecified atom stereocenters. The van der Waals surface area contributed by atoms with Crippen molar-refractivity contribution >= 4 is 56.5 Å². The van der Waals surface area contributed by atoms with E-state index in [9.17, 15) is 9.59 Å². The molecule has 0 atom stereocenters. The van der Waals surface area contributed by atoms with Gasteiger partial charge in [0.15, 0.2) is 10.9 Å². The predicted molar refractivity (Wildman–Crippen MR) is 140 cm³/mol. The largest absolute Gasteiger partial charge is 0.307 e. The third-order valence-corrected chi connectivity index (χ3v) is 11.3. The molecule has 0 aliphatic carbocycles. The number of nitrogens with zero attached hydrogens (tertiary/aromatic N) is 1. The van der Waals surface area contributed by atoms with E-state index in [4.69, 9.17) is 0 Å². The van der Waals surface area contributed by atoms with Crippen molar-refractivity contribution in [3.63, 3.8) is 0 Å². The van der Waals surface area contributed by atoms with Gasteiger partial charge in [-0.1, -0.05) is 72.0 Å². The molecule has 1 aliphatic heterocycles. The fourth-order valence-corrected chi connectivity index (χ4v) is 9.37. The van der Waals surface area contributed by atoms with Gasteiger partial charge in [-0.3, -0.25) is 9.59 Å². The Labute approximate surface area is 190 Å². The van der Waals surface area contributed by atoms with E-state index in [-0.39, 0.29) is 10.9 Å². The van der Waals surface area contributed by atoms with Gasteiger partial charge in [0, 0.05) is 16.2 Å². The summed E-state index contributed by atoms with van der Waals surface area (Å²) >= 11 is 0. The molecule has 7 rings (SSSR count). The first-order valence-corrected chi connectivity index (χ1v) is 14.3. The Morgan fingerprint density at radius 2 is 1.36 bits per heavy atom. The van der Waals surface area contributed by atoms with Crippen LogP contribution in [-0.4, -0.2) is 12.5 Å². The molecule has 33 heavy (non-hydrogen) atoms. The van der Waals surface area contributed by atoms with Crippen LogP contribution in [0.25, 0.3) is 38.1 Å². The topological polar surface area (TPSA) is 38.5 Å². The minimum atomic E-state index is -1.95. The zero-order valence-electron chi connectivity index (χ0n) is 18.5. The lowest BCUT2D eigenvalue weighted by molar-refractivity contribution is 1.21. The monoisotopic (exact) mass is 443 g/mol. The fourth-order valence-electron chi connectivity index (χ4n) is 6.13. The highest BCUT2D eigenvalue weighted by atomic mass is 28.3. The summed E-state index contributed by atoms with van der Waals surface area (Å²) in [7, 11) is -1.95. The van der Waals surface area contributed by atoms with Gasteiger partial charge in [-0.2, -0.15) is 0 Å². The van der Waals surface area contributed by atoms with Gasteiger partial charge in [0.2, 0.25) is 0 Å². The van der Waals surface area contributed by atoms with Gasteiger partial charge < -0.3 is 4.40 Å². The lowest BCUT2D eigenvalue weighted by Crippen LogP contribution is -2.58. The molecule has 0 saturated carbocycles. The number of para-hydroxylation sites is 2. The number of fused-ring (bicyclic) bond motifs is 7. The number of hydrogen-bond donors (Lipinski definition) is 0. The van der Waals surface area contributed by atoms with Crippen LogP contribution in [0.15, 0.2) is 88.5 Å². The number of benzene rings is 4. The van der Waals surface area contributed by atoms with Crippen LogP contribution in [0.1, 0.15) is 11.1 Å². The first-order chi connectivity index (χ1) is 16.0. The maximum absolute atomic E-state index is 14.0. The van der Waals surface area contributed by atoms with Crippen molar-refractivity contribution in [2.75, 3.05) is 0 Å². The van der Waals surface area contributed by atoms with E-state index in [1.165, 1.54) is 21.5 Å². The van der Waals surface area contributed by atoms with Crippen molar-refractivity contribution in [1.82, 2.24) is 4.40 Å². The van der Waals surface area contributed by atoms with Crippen molar-refractivity contribution < 1.29 is 0 Å². The molecule has 1 aliphatic rings. The standard InChI is InChI=1S/C29H21NO2Si/c1-33(2)24-13-6-3-8-17(24)16-21-25(33)15-14-23-26(21)29(32)20-11-7-10-19-27(20)30(23)22-12-5-4-9-18(22)28(19)31/h3-15H,16H2,1-2H3. The molecule has 0 bridgehead atoms. The molecule has 3 nitrogen and oxygen atoms in total. The third kappa shape index (κ3) is 2.24. The number of aromatic nitrogens is 1. The molecule has 6 aromatic rings. The lowest BCUT2D eigenvalue weighted by atomic mass is 9.96. The highest BCUT2D eigenvalue weighted by Crippen LogP contribution is 2.30. The lowest BCUT2D eigenvalue weighted by Gasteiger charge is -2.34. The van der Waals surface area contributed by atoms with E-state index in [0.717, 1.165) is 28.4 Å². The summed E-state index contributed by atoms with van der Waals surface area (Å²) in [5.74, 6) is 0. The first-order valence-electron chi connectivity index (χ1n) is 11.3. The van der Waals surface area contributed by atoms with E-state index in [1.54, 1.807) is 0 Å². The summed E-state index contributed by atoms with van der Waals surface area (Å²) < 4.78 is 2.15. The summed E-state index contributed by atoms with van der Waals surface area (Å²) in [4.78, 5) is 27.3. The minimum absolute atomic E-state index is 0.0182. The van der Waals surface area contributed by atoms with Crippen LogP contribution in [0.5, 0.6) is 0 Å². The van der Waals surface area contributed by atoms with Crippen LogP contribution in [0, 0.1) is 0 Å². The van der Waals surface area contributed by atoms with Crippen LogP contribution < -0.4 is 21.2 Å². The predicted octanol–water partition coefficient (Wildman–Crippen LogP) is 4.28. The van der Waals surface area contributed by atoms with Crippen LogP contribution in [0.4, 0.5) is 0 Å². The minimum Gasteiger partial charge on any atom is -0.307 e. The van der Waals surface area contributed by atoms with Crippen LogP contribution in [-0.2, 0) is 6.42 Å². The van der Waals surface area contributed by atoms with E-state index in [0.29, 0.717) is 16.2 Å². The molecule has 2 aromatic heterocycles. The Morgan fingerprint density at radius 3 is 2.21 bits per heavy atom. The smallest absolute Gasteiger partial charge is 0.197 e. The second kappa shape index (κ2) is 6.18. The molecule has 0 radical (unpaired) electrons.